The van der Waals surface area contributed by atoms with Crippen molar-refractivity contribution in [1.82, 2.24) is 0 Å². The van der Waals surface area contributed by atoms with Crippen molar-refractivity contribution in [1.29, 1.82) is 0 Å². The van der Waals surface area contributed by atoms with Gasteiger partial charge in [-0.05, 0) is 48.9 Å². The van der Waals surface area contributed by atoms with Crippen molar-refractivity contribution in [2.75, 3.05) is 10.5 Å². The quantitative estimate of drug-likeness (QED) is 0.856. The first-order valence-corrected chi connectivity index (χ1v) is 7.12. The summed E-state index contributed by atoms with van der Waals surface area (Å²) in [5.41, 5.74) is 5.80. The Bertz CT molecular complexity index is 761. The standard InChI is InChI=1S/C13H12F2N2O2S/c1-8-6-9(14)2-5-13(8)17-20(18,19)10-3-4-12(16)11(15)7-10/h2-7,17H,16H2,1H3. The van der Waals surface area contributed by atoms with Crippen molar-refractivity contribution < 1.29 is 17.2 Å². The molecule has 2 aromatic carbocycles. The molecule has 0 aliphatic rings. The molecular formula is C13H12F2N2O2S. The van der Waals surface area contributed by atoms with Crippen LogP contribution in [-0.2, 0) is 10.0 Å². The Morgan fingerprint density at radius 3 is 2.40 bits per heavy atom. The first kappa shape index (κ1) is 14.3. The van der Waals surface area contributed by atoms with E-state index in [9.17, 15) is 17.2 Å². The van der Waals surface area contributed by atoms with Crippen molar-refractivity contribution in [3.63, 3.8) is 0 Å². The first-order chi connectivity index (χ1) is 9.29. The Balaban J connectivity index is 2.38. The summed E-state index contributed by atoms with van der Waals surface area (Å²) < 4.78 is 52.7. The van der Waals surface area contributed by atoms with Crippen LogP contribution in [0.1, 0.15) is 5.56 Å². The summed E-state index contributed by atoms with van der Waals surface area (Å²) in [5.74, 6) is -1.28. The van der Waals surface area contributed by atoms with Crippen LogP contribution in [0.15, 0.2) is 41.3 Å². The molecule has 0 spiro atoms. The van der Waals surface area contributed by atoms with Gasteiger partial charge in [0.25, 0.3) is 10.0 Å². The van der Waals surface area contributed by atoms with E-state index in [0.29, 0.717) is 5.56 Å². The van der Waals surface area contributed by atoms with Gasteiger partial charge in [0.2, 0.25) is 0 Å². The molecule has 106 valence electrons. The van der Waals surface area contributed by atoms with Gasteiger partial charge in [0.05, 0.1) is 16.3 Å². The minimum absolute atomic E-state index is 0.137. The number of benzene rings is 2. The van der Waals surface area contributed by atoms with Crippen LogP contribution < -0.4 is 10.5 Å². The lowest BCUT2D eigenvalue weighted by Gasteiger charge is -2.11. The summed E-state index contributed by atoms with van der Waals surface area (Å²) in [6.45, 7) is 1.56. The number of nitrogens with two attached hydrogens (primary N) is 1. The van der Waals surface area contributed by atoms with E-state index in [1.807, 2.05) is 0 Å². The van der Waals surface area contributed by atoms with Gasteiger partial charge in [-0.3, -0.25) is 4.72 Å². The maximum atomic E-state index is 13.3. The van der Waals surface area contributed by atoms with Crippen LogP contribution in [0.4, 0.5) is 20.2 Å². The van der Waals surface area contributed by atoms with Crippen LogP contribution in [0.25, 0.3) is 0 Å². The second kappa shape index (κ2) is 5.09. The number of aryl methyl sites for hydroxylation is 1. The van der Waals surface area contributed by atoms with Crippen molar-refractivity contribution in [2.45, 2.75) is 11.8 Å². The molecule has 0 radical (unpaired) electrons. The van der Waals surface area contributed by atoms with Gasteiger partial charge in [0.15, 0.2) is 0 Å². The predicted molar refractivity (Wildman–Crippen MR) is 72.8 cm³/mol. The lowest BCUT2D eigenvalue weighted by molar-refractivity contribution is 0.596. The van der Waals surface area contributed by atoms with Crippen molar-refractivity contribution in [2.24, 2.45) is 0 Å². The van der Waals surface area contributed by atoms with E-state index in [-0.39, 0.29) is 16.3 Å². The Kier molecular flexibility index (Phi) is 3.63. The van der Waals surface area contributed by atoms with E-state index >= 15 is 0 Å². The highest BCUT2D eigenvalue weighted by atomic mass is 32.2. The molecule has 0 fully saturated rings. The Labute approximate surface area is 115 Å². The minimum Gasteiger partial charge on any atom is -0.396 e. The normalized spacial score (nSPS) is 11.3. The average Bonchev–Trinajstić information content (AvgIpc) is 2.36. The number of anilines is 2. The monoisotopic (exact) mass is 298 g/mol. The molecule has 0 bridgehead atoms. The smallest absolute Gasteiger partial charge is 0.262 e. The molecule has 2 aromatic rings. The molecule has 0 heterocycles. The van der Waals surface area contributed by atoms with Crippen LogP contribution in [0.5, 0.6) is 0 Å². The zero-order chi connectivity index (χ0) is 14.9. The molecule has 0 amide bonds. The molecule has 0 aliphatic heterocycles. The average molecular weight is 298 g/mol. The van der Waals surface area contributed by atoms with Crippen LogP contribution in [0, 0.1) is 18.6 Å². The van der Waals surface area contributed by atoms with Crippen molar-refractivity contribution >= 4 is 21.4 Å². The van der Waals surface area contributed by atoms with E-state index < -0.39 is 21.7 Å². The van der Waals surface area contributed by atoms with Crippen molar-refractivity contribution in [3.8, 4) is 0 Å². The van der Waals surface area contributed by atoms with E-state index in [2.05, 4.69) is 4.72 Å². The van der Waals surface area contributed by atoms with Gasteiger partial charge in [-0.2, -0.15) is 0 Å². The fourth-order valence-electron chi connectivity index (χ4n) is 1.62. The lowest BCUT2D eigenvalue weighted by Crippen LogP contribution is -2.14. The number of halogens is 2. The van der Waals surface area contributed by atoms with Crippen LogP contribution in [-0.4, -0.2) is 8.42 Å². The van der Waals surface area contributed by atoms with Crippen LogP contribution >= 0.6 is 0 Å². The second-order valence-corrected chi connectivity index (χ2v) is 5.93. The number of hydrogen-bond donors (Lipinski definition) is 2. The summed E-state index contributed by atoms with van der Waals surface area (Å²) in [6, 6.07) is 6.82. The molecule has 20 heavy (non-hydrogen) atoms. The Hall–Kier alpha value is -2.15. The van der Waals surface area contributed by atoms with E-state index in [0.717, 1.165) is 12.1 Å². The Morgan fingerprint density at radius 2 is 1.80 bits per heavy atom. The highest BCUT2D eigenvalue weighted by Crippen LogP contribution is 2.22. The molecule has 0 aliphatic carbocycles. The van der Waals surface area contributed by atoms with Gasteiger partial charge in [-0.15, -0.1) is 0 Å². The maximum Gasteiger partial charge on any atom is 0.262 e. The Morgan fingerprint density at radius 1 is 1.10 bits per heavy atom. The molecular weight excluding hydrogens is 286 g/mol. The second-order valence-electron chi connectivity index (χ2n) is 4.25. The third kappa shape index (κ3) is 2.88. The summed E-state index contributed by atoms with van der Waals surface area (Å²) in [7, 11) is -3.96. The van der Waals surface area contributed by atoms with E-state index in [1.165, 1.54) is 24.3 Å². The van der Waals surface area contributed by atoms with Crippen LogP contribution in [0.2, 0.25) is 0 Å². The number of hydrogen-bond acceptors (Lipinski definition) is 3. The third-order valence-corrected chi connectivity index (χ3v) is 4.08. The van der Waals surface area contributed by atoms with Gasteiger partial charge >= 0.3 is 0 Å². The number of rotatable bonds is 3. The van der Waals surface area contributed by atoms with Crippen molar-refractivity contribution in [3.05, 3.63) is 53.6 Å². The summed E-state index contributed by atoms with van der Waals surface area (Å²) in [4.78, 5) is -0.257. The molecule has 0 unspecified atom stereocenters. The predicted octanol–water partition coefficient (Wildman–Crippen LogP) is 2.66. The molecule has 3 N–H and O–H groups in total. The zero-order valence-corrected chi connectivity index (χ0v) is 11.3. The maximum absolute atomic E-state index is 13.3. The largest absolute Gasteiger partial charge is 0.396 e. The molecule has 0 aromatic heterocycles. The molecule has 0 saturated heterocycles. The molecule has 4 nitrogen and oxygen atoms in total. The topological polar surface area (TPSA) is 72.2 Å². The molecule has 0 saturated carbocycles. The summed E-state index contributed by atoms with van der Waals surface area (Å²) >= 11 is 0. The molecule has 2 rings (SSSR count). The number of sulfonamides is 1. The minimum atomic E-state index is -3.96. The highest BCUT2D eigenvalue weighted by Gasteiger charge is 2.17. The fraction of sp³-hybridized carbons (Fsp3) is 0.0769. The van der Waals surface area contributed by atoms with Gasteiger partial charge in [0, 0.05) is 0 Å². The van der Waals surface area contributed by atoms with E-state index in [4.69, 9.17) is 5.73 Å². The fourth-order valence-corrected chi connectivity index (χ4v) is 2.76. The SMILES string of the molecule is Cc1cc(F)ccc1NS(=O)(=O)c1ccc(N)c(F)c1. The van der Waals surface area contributed by atoms with Crippen LogP contribution in [0.3, 0.4) is 0 Å². The molecule has 7 heteroatoms. The van der Waals surface area contributed by atoms with Gasteiger partial charge in [0.1, 0.15) is 11.6 Å². The van der Waals surface area contributed by atoms with Gasteiger partial charge < -0.3 is 5.73 Å². The zero-order valence-electron chi connectivity index (χ0n) is 10.5. The first-order valence-electron chi connectivity index (χ1n) is 5.63. The number of nitrogen functional groups attached to an aromatic ring is 1. The van der Waals surface area contributed by atoms with Gasteiger partial charge in [-0.1, -0.05) is 0 Å². The summed E-state index contributed by atoms with van der Waals surface area (Å²) in [6.07, 6.45) is 0. The third-order valence-electron chi connectivity index (χ3n) is 2.71. The lowest BCUT2D eigenvalue weighted by atomic mass is 10.2. The highest BCUT2D eigenvalue weighted by molar-refractivity contribution is 7.92. The number of nitrogens with one attached hydrogen (secondary N) is 1. The molecule has 0 atom stereocenters. The summed E-state index contributed by atoms with van der Waals surface area (Å²) in [5, 5.41) is 0. The van der Waals surface area contributed by atoms with E-state index in [1.54, 1.807) is 6.92 Å². The van der Waals surface area contributed by atoms with Gasteiger partial charge in [-0.25, -0.2) is 17.2 Å².